The number of rotatable bonds is 5. The van der Waals surface area contributed by atoms with Crippen molar-refractivity contribution in [2.75, 3.05) is 24.8 Å². The molecule has 0 aromatic heterocycles. The van der Waals surface area contributed by atoms with Gasteiger partial charge in [0.05, 0.1) is 18.0 Å². The normalized spacial score (nSPS) is 10.4. The predicted octanol–water partition coefficient (Wildman–Crippen LogP) is 3.51. The summed E-state index contributed by atoms with van der Waals surface area (Å²) >= 11 is 0. The summed E-state index contributed by atoms with van der Waals surface area (Å²) in [7, 11) is 1.72. The summed E-state index contributed by atoms with van der Waals surface area (Å²) in [6, 6.07) is 14.3. The largest absolute Gasteiger partial charge is 0.397 e. The van der Waals surface area contributed by atoms with Crippen molar-refractivity contribution in [2.24, 2.45) is 0 Å². The van der Waals surface area contributed by atoms with Gasteiger partial charge in [-0.3, -0.25) is 0 Å². The Morgan fingerprint density at radius 3 is 2.63 bits per heavy atom. The van der Waals surface area contributed by atoms with Crippen molar-refractivity contribution < 1.29 is 4.74 Å². The molecule has 0 fully saturated rings. The molecule has 0 radical (unpaired) electrons. The lowest BCUT2D eigenvalue weighted by molar-refractivity contribution is 0.202. The molecule has 0 spiro atoms. The lowest BCUT2D eigenvalue weighted by Crippen LogP contribution is -2.02. The summed E-state index contributed by atoms with van der Waals surface area (Å²) in [5.41, 5.74) is 11.2. The van der Waals surface area contributed by atoms with Gasteiger partial charge in [-0.05, 0) is 42.7 Å². The molecule has 0 atom stereocenters. The van der Waals surface area contributed by atoms with Crippen LogP contribution in [0.5, 0.6) is 0 Å². The first-order valence-corrected chi connectivity index (χ1v) is 6.40. The lowest BCUT2D eigenvalue weighted by atomic mass is 10.1. The van der Waals surface area contributed by atoms with Crippen LogP contribution in [0.15, 0.2) is 42.5 Å². The van der Waals surface area contributed by atoms with Crippen LogP contribution >= 0.6 is 0 Å². The molecule has 100 valence electrons. The maximum Gasteiger partial charge on any atom is 0.0618 e. The van der Waals surface area contributed by atoms with E-state index in [-0.39, 0.29) is 0 Å². The molecule has 2 aromatic carbocycles. The molecule has 0 aliphatic carbocycles. The first kappa shape index (κ1) is 13.4. The van der Waals surface area contributed by atoms with Gasteiger partial charge in [-0.15, -0.1) is 0 Å². The first-order valence-electron chi connectivity index (χ1n) is 6.40. The molecule has 3 heteroatoms. The minimum Gasteiger partial charge on any atom is -0.397 e. The van der Waals surface area contributed by atoms with Crippen LogP contribution in [-0.4, -0.2) is 13.7 Å². The molecule has 0 saturated heterocycles. The average Bonchev–Trinajstić information content (AvgIpc) is 2.41. The van der Waals surface area contributed by atoms with Crippen molar-refractivity contribution in [1.29, 1.82) is 0 Å². The number of methoxy groups -OCH3 is 1. The Kier molecular flexibility index (Phi) is 4.42. The smallest absolute Gasteiger partial charge is 0.0618 e. The number of para-hydroxylation sites is 1. The number of nitrogens with two attached hydrogens (primary N) is 1. The summed E-state index contributed by atoms with van der Waals surface area (Å²) in [5.74, 6) is 0. The summed E-state index contributed by atoms with van der Waals surface area (Å²) in [5, 5.41) is 3.40. The Balaban J connectivity index is 2.22. The van der Waals surface area contributed by atoms with Gasteiger partial charge in [0, 0.05) is 12.8 Å². The van der Waals surface area contributed by atoms with Crippen molar-refractivity contribution >= 4 is 17.1 Å². The quantitative estimate of drug-likeness (QED) is 0.805. The Morgan fingerprint density at radius 1 is 1.11 bits per heavy atom. The van der Waals surface area contributed by atoms with E-state index in [1.807, 2.05) is 31.2 Å². The molecule has 0 bridgehead atoms. The van der Waals surface area contributed by atoms with Crippen LogP contribution in [0.2, 0.25) is 0 Å². The van der Waals surface area contributed by atoms with Crippen molar-refractivity contribution in [3.63, 3.8) is 0 Å². The van der Waals surface area contributed by atoms with Crippen LogP contribution in [0.3, 0.4) is 0 Å². The first-order chi connectivity index (χ1) is 9.20. The molecule has 3 nitrogen and oxygen atoms in total. The molecule has 0 heterocycles. The Bertz CT molecular complexity index is 552. The molecule has 19 heavy (non-hydrogen) atoms. The zero-order valence-electron chi connectivity index (χ0n) is 11.4. The molecule has 0 amide bonds. The van der Waals surface area contributed by atoms with E-state index in [0.717, 1.165) is 29.0 Å². The predicted molar refractivity (Wildman–Crippen MR) is 80.9 cm³/mol. The summed E-state index contributed by atoms with van der Waals surface area (Å²) < 4.78 is 5.14. The van der Waals surface area contributed by atoms with Gasteiger partial charge in [0.1, 0.15) is 0 Å². The van der Waals surface area contributed by atoms with Crippen LogP contribution in [0.25, 0.3) is 0 Å². The average molecular weight is 256 g/mol. The van der Waals surface area contributed by atoms with Crippen LogP contribution in [0.1, 0.15) is 11.1 Å². The highest BCUT2D eigenvalue weighted by molar-refractivity contribution is 5.74. The highest BCUT2D eigenvalue weighted by atomic mass is 16.5. The number of hydrogen-bond acceptors (Lipinski definition) is 3. The second kappa shape index (κ2) is 6.25. The van der Waals surface area contributed by atoms with E-state index in [1.165, 1.54) is 5.56 Å². The van der Waals surface area contributed by atoms with Crippen LogP contribution in [-0.2, 0) is 11.2 Å². The fraction of sp³-hybridized carbons (Fsp3) is 0.250. The highest BCUT2D eigenvalue weighted by Crippen LogP contribution is 2.26. The fourth-order valence-electron chi connectivity index (χ4n) is 2.01. The summed E-state index contributed by atoms with van der Waals surface area (Å²) in [6.45, 7) is 2.74. The number of aryl methyl sites for hydroxylation is 1. The third kappa shape index (κ3) is 3.48. The number of nitrogens with one attached hydrogen (secondary N) is 1. The monoisotopic (exact) mass is 256 g/mol. The second-order valence-electron chi connectivity index (χ2n) is 4.62. The van der Waals surface area contributed by atoms with E-state index >= 15 is 0 Å². The standard InChI is InChI=1S/C16H20N2O/c1-12-7-8-16(14(17)11-12)18-15-6-4-3-5-13(15)9-10-19-2/h3-8,11,18H,9-10,17H2,1-2H3. The minimum absolute atomic E-state index is 0.710. The van der Waals surface area contributed by atoms with Gasteiger partial charge in [0.25, 0.3) is 0 Å². The third-order valence-electron chi connectivity index (χ3n) is 3.07. The molecule has 0 saturated carbocycles. The van der Waals surface area contributed by atoms with Crippen molar-refractivity contribution in [1.82, 2.24) is 0 Å². The SMILES string of the molecule is COCCc1ccccc1Nc1ccc(C)cc1N. The number of anilines is 3. The van der Waals surface area contributed by atoms with E-state index in [1.54, 1.807) is 7.11 Å². The zero-order chi connectivity index (χ0) is 13.7. The zero-order valence-corrected chi connectivity index (χ0v) is 11.4. The molecule has 0 aliphatic rings. The molecule has 2 aromatic rings. The molecular weight excluding hydrogens is 236 g/mol. The van der Waals surface area contributed by atoms with Gasteiger partial charge in [-0.25, -0.2) is 0 Å². The van der Waals surface area contributed by atoms with Crippen molar-refractivity contribution in [3.05, 3.63) is 53.6 Å². The lowest BCUT2D eigenvalue weighted by Gasteiger charge is -2.14. The Labute approximate surface area is 114 Å². The van der Waals surface area contributed by atoms with Gasteiger partial charge in [-0.1, -0.05) is 24.3 Å². The van der Waals surface area contributed by atoms with Gasteiger partial charge >= 0.3 is 0 Å². The maximum atomic E-state index is 6.03. The van der Waals surface area contributed by atoms with Crippen LogP contribution in [0.4, 0.5) is 17.1 Å². The van der Waals surface area contributed by atoms with Crippen molar-refractivity contribution in [3.8, 4) is 0 Å². The van der Waals surface area contributed by atoms with Crippen LogP contribution < -0.4 is 11.1 Å². The Hall–Kier alpha value is -2.00. The van der Waals surface area contributed by atoms with E-state index in [9.17, 15) is 0 Å². The second-order valence-corrected chi connectivity index (χ2v) is 4.62. The molecule has 2 rings (SSSR count). The number of hydrogen-bond donors (Lipinski definition) is 2. The summed E-state index contributed by atoms with van der Waals surface area (Å²) in [4.78, 5) is 0. The summed E-state index contributed by atoms with van der Waals surface area (Å²) in [6.07, 6.45) is 0.880. The fourth-order valence-corrected chi connectivity index (χ4v) is 2.01. The van der Waals surface area contributed by atoms with E-state index in [4.69, 9.17) is 10.5 Å². The van der Waals surface area contributed by atoms with E-state index in [2.05, 4.69) is 23.5 Å². The van der Waals surface area contributed by atoms with Gasteiger partial charge in [-0.2, -0.15) is 0 Å². The molecule has 0 aliphatic heterocycles. The molecule has 0 unspecified atom stereocenters. The highest BCUT2D eigenvalue weighted by Gasteiger charge is 2.04. The minimum atomic E-state index is 0.710. The third-order valence-corrected chi connectivity index (χ3v) is 3.07. The Morgan fingerprint density at radius 2 is 1.89 bits per heavy atom. The maximum absolute atomic E-state index is 6.03. The molecule has 3 N–H and O–H groups in total. The van der Waals surface area contributed by atoms with Crippen molar-refractivity contribution in [2.45, 2.75) is 13.3 Å². The van der Waals surface area contributed by atoms with E-state index in [0.29, 0.717) is 6.61 Å². The number of nitrogen functional groups attached to an aromatic ring is 1. The molecular formula is C16H20N2O. The van der Waals surface area contributed by atoms with Gasteiger partial charge in [0.15, 0.2) is 0 Å². The topological polar surface area (TPSA) is 47.3 Å². The van der Waals surface area contributed by atoms with E-state index < -0.39 is 0 Å². The number of ether oxygens (including phenoxy) is 1. The number of benzene rings is 2. The van der Waals surface area contributed by atoms with Gasteiger partial charge < -0.3 is 15.8 Å². The van der Waals surface area contributed by atoms with Crippen LogP contribution in [0, 0.1) is 6.92 Å². The van der Waals surface area contributed by atoms with Gasteiger partial charge in [0.2, 0.25) is 0 Å².